The Morgan fingerprint density at radius 3 is 2.35 bits per heavy atom. The molecule has 1 fully saturated rings. The average Bonchev–Trinajstić information content (AvgIpc) is 2.14. The second-order valence-electron chi connectivity index (χ2n) is 4.12. The second kappa shape index (κ2) is 4.91. The van der Waals surface area contributed by atoms with Gasteiger partial charge >= 0.3 is 5.97 Å². The number of carboxylic acids is 1. The Hall–Kier alpha value is -0.670. The van der Waals surface area contributed by atoms with Crippen LogP contribution in [-0.4, -0.2) is 56.1 Å². The molecule has 1 atom stereocenters. The van der Waals surface area contributed by atoms with Gasteiger partial charge in [-0.05, 0) is 19.3 Å². The van der Waals surface area contributed by atoms with E-state index in [9.17, 15) is 21.6 Å². The Bertz CT molecular complexity index is 494. The quantitative estimate of drug-likeness (QED) is 0.728. The minimum atomic E-state index is -4.07. The third-order valence-electron chi connectivity index (χ3n) is 2.46. The summed E-state index contributed by atoms with van der Waals surface area (Å²) in [6, 6.07) is -1.14. The van der Waals surface area contributed by atoms with E-state index in [0.29, 0.717) is 12.8 Å². The van der Waals surface area contributed by atoms with Crippen LogP contribution in [0.15, 0.2) is 0 Å². The van der Waals surface area contributed by atoms with Crippen LogP contribution < -0.4 is 0 Å². The number of hydrogen-bond acceptors (Lipinski definition) is 5. The summed E-state index contributed by atoms with van der Waals surface area (Å²) in [5, 5.41) is 7.88. The van der Waals surface area contributed by atoms with Crippen molar-refractivity contribution in [3.63, 3.8) is 0 Å². The number of carboxylic acid groups (broad SMARTS) is 1. The molecule has 0 amide bonds. The number of carbonyl (C=O) groups is 1. The molecule has 0 unspecified atom stereocenters. The average molecular weight is 285 g/mol. The van der Waals surface area contributed by atoms with Crippen LogP contribution in [0, 0.1) is 0 Å². The zero-order chi connectivity index (χ0) is 13.3. The Morgan fingerprint density at radius 2 is 1.88 bits per heavy atom. The molecule has 0 aliphatic carbocycles. The minimum Gasteiger partial charge on any atom is -0.480 e. The molecule has 7 nitrogen and oxygen atoms in total. The molecule has 0 bridgehead atoms. The van der Waals surface area contributed by atoms with Crippen molar-refractivity contribution in [3.05, 3.63) is 0 Å². The fourth-order valence-corrected chi connectivity index (χ4v) is 5.52. The molecular formula is C8H15NO6S2. The van der Waals surface area contributed by atoms with Crippen LogP contribution >= 0.6 is 0 Å². The molecule has 100 valence electrons. The van der Waals surface area contributed by atoms with Gasteiger partial charge in [0.2, 0.25) is 10.0 Å². The van der Waals surface area contributed by atoms with Gasteiger partial charge in [0.1, 0.15) is 6.04 Å². The monoisotopic (exact) mass is 285 g/mol. The molecule has 0 saturated carbocycles. The van der Waals surface area contributed by atoms with Gasteiger partial charge in [0.15, 0.2) is 14.9 Å². The van der Waals surface area contributed by atoms with Crippen molar-refractivity contribution in [1.29, 1.82) is 0 Å². The lowest BCUT2D eigenvalue weighted by atomic mass is 10.1. The van der Waals surface area contributed by atoms with Crippen LogP contribution in [0.3, 0.4) is 0 Å². The van der Waals surface area contributed by atoms with Crippen molar-refractivity contribution in [2.45, 2.75) is 25.3 Å². The molecule has 0 aromatic heterocycles. The topological polar surface area (TPSA) is 109 Å². The molecule has 1 aliphatic heterocycles. The van der Waals surface area contributed by atoms with E-state index < -0.39 is 37.0 Å². The number of hydrogen-bond donors (Lipinski definition) is 1. The minimum absolute atomic E-state index is 0.0643. The van der Waals surface area contributed by atoms with Gasteiger partial charge < -0.3 is 5.11 Å². The summed E-state index contributed by atoms with van der Waals surface area (Å²) in [6.45, 7) is 0.0643. The Kier molecular flexibility index (Phi) is 4.15. The highest BCUT2D eigenvalue weighted by Crippen LogP contribution is 2.21. The summed E-state index contributed by atoms with van der Waals surface area (Å²) in [7, 11) is -7.77. The van der Waals surface area contributed by atoms with E-state index in [-0.39, 0.29) is 13.0 Å². The first-order valence-corrected chi connectivity index (χ1v) is 8.70. The molecule has 0 radical (unpaired) electrons. The fraction of sp³-hybridized carbons (Fsp3) is 0.875. The summed E-state index contributed by atoms with van der Waals surface area (Å²) in [4.78, 5) is 10.9. The molecule has 1 saturated heterocycles. The summed E-state index contributed by atoms with van der Waals surface area (Å²) in [5.41, 5.74) is 0. The molecule has 9 heteroatoms. The summed E-state index contributed by atoms with van der Waals surface area (Å²) in [6.07, 6.45) is 2.21. The predicted molar refractivity (Wildman–Crippen MR) is 60.6 cm³/mol. The summed E-state index contributed by atoms with van der Waals surface area (Å²) < 4.78 is 46.4. The number of piperidine rings is 1. The molecule has 1 heterocycles. The standard InChI is InChI=1S/C8H15NO6S2/c1-16(12,13)6-17(14,15)9-5-3-2-4-7(9)8(10)11/h7H,2-6H2,1H3,(H,10,11)/t7-/m1/s1. The van der Waals surface area contributed by atoms with Gasteiger partial charge in [-0.3, -0.25) is 4.79 Å². The van der Waals surface area contributed by atoms with Gasteiger partial charge in [0, 0.05) is 12.8 Å². The third-order valence-corrected chi connectivity index (χ3v) is 6.51. The van der Waals surface area contributed by atoms with Crippen molar-refractivity contribution in [1.82, 2.24) is 4.31 Å². The van der Waals surface area contributed by atoms with E-state index in [2.05, 4.69) is 0 Å². The first-order chi connectivity index (χ1) is 7.63. The number of sulfonamides is 1. The van der Waals surface area contributed by atoms with Crippen LogP contribution in [-0.2, 0) is 24.7 Å². The van der Waals surface area contributed by atoms with Gasteiger partial charge in [-0.25, -0.2) is 16.8 Å². The van der Waals surface area contributed by atoms with Crippen LogP contribution in [0.5, 0.6) is 0 Å². The Balaban J connectivity index is 2.99. The van der Waals surface area contributed by atoms with Gasteiger partial charge in [-0.15, -0.1) is 0 Å². The summed E-state index contributed by atoms with van der Waals surface area (Å²) in [5.74, 6) is -1.23. The van der Waals surface area contributed by atoms with E-state index >= 15 is 0 Å². The van der Waals surface area contributed by atoms with Gasteiger partial charge in [-0.1, -0.05) is 0 Å². The number of aliphatic carboxylic acids is 1. The molecular weight excluding hydrogens is 270 g/mol. The molecule has 1 aliphatic rings. The first kappa shape index (κ1) is 14.4. The van der Waals surface area contributed by atoms with Crippen molar-refractivity contribution < 1.29 is 26.7 Å². The van der Waals surface area contributed by atoms with E-state index in [1.807, 2.05) is 0 Å². The molecule has 17 heavy (non-hydrogen) atoms. The maximum absolute atomic E-state index is 11.8. The smallest absolute Gasteiger partial charge is 0.322 e. The Morgan fingerprint density at radius 1 is 1.29 bits per heavy atom. The van der Waals surface area contributed by atoms with Crippen molar-refractivity contribution in [2.24, 2.45) is 0 Å². The normalized spacial score (nSPS) is 23.5. The number of nitrogens with zero attached hydrogens (tertiary/aromatic N) is 1. The number of rotatable bonds is 4. The largest absolute Gasteiger partial charge is 0.480 e. The maximum Gasteiger partial charge on any atom is 0.322 e. The lowest BCUT2D eigenvalue weighted by Gasteiger charge is -2.31. The number of sulfone groups is 1. The molecule has 1 rings (SSSR count). The maximum atomic E-state index is 11.8. The van der Waals surface area contributed by atoms with Gasteiger partial charge in [0.05, 0.1) is 0 Å². The van der Waals surface area contributed by atoms with E-state index in [4.69, 9.17) is 5.11 Å². The van der Waals surface area contributed by atoms with Crippen molar-refractivity contribution >= 4 is 25.8 Å². The third kappa shape index (κ3) is 3.93. The van der Waals surface area contributed by atoms with E-state index in [1.165, 1.54) is 0 Å². The van der Waals surface area contributed by atoms with Crippen LogP contribution in [0.4, 0.5) is 0 Å². The molecule has 0 aromatic carbocycles. The van der Waals surface area contributed by atoms with E-state index in [1.54, 1.807) is 0 Å². The SMILES string of the molecule is CS(=O)(=O)CS(=O)(=O)N1CCCC[C@@H]1C(=O)O. The highest BCUT2D eigenvalue weighted by Gasteiger charge is 2.38. The molecule has 0 aromatic rings. The van der Waals surface area contributed by atoms with Crippen LogP contribution in [0.1, 0.15) is 19.3 Å². The summed E-state index contributed by atoms with van der Waals surface area (Å²) >= 11 is 0. The fourth-order valence-electron chi connectivity index (χ4n) is 1.82. The van der Waals surface area contributed by atoms with Crippen molar-refractivity contribution in [3.8, 4) is 0 Å². The lowest BCUT2D eigenvalue weighted by Crippen LogP contribution is -2.49. The van der Waals surface area contributed by atoms with Gasteiger partial charge in [-0.2, -0.15) is 4.31 Å². The van der Waals surface area contributed by atoms with Gasteiger partial charge in [0.25, 0.3) is 0 Å². The van der Waals surface area contributed by atoms with Crippen molar-refractivity contribution in [2.75, 3.05) is 17.9 Å². The second-order valence-corrected chi connectivity index (χ2v) is 8.54. The first-order valence-electron chi connectivity index (χ1n) is 5.03. The van der Waals surface area contributed by atoms with Crippen LogP contribution in [0.2, 0.25) is 0 Å². The lowest BCUT2D eigenvalue weighted by molar-refractivity contribution is -0.142. The Labute approximate surface area is 100 Å². The highest BCUT2D eigenvalue weighted by molar-refractivity contribution is 8.06. The highest BCUT2D eigenvalue weighted by atomic mass is 32.3. The van der Waals surface area contributed by atoms with E-state index in [0.717, 1.165) is 10.6 Å². The molecule has 0 spiro atoms. The zero-order valence-corrected chi connectivity index (χ0v) is 11.0. The molecule has 1 N–H and O–H groups in total. The zero-order valence-electron chi connectivity index (χ0n) is 9.37. The van der Waals surface area contributed by atoms with Crippen LogP contribution in [0.25, 0.3) is 0 Å². The predicted octanol–water partition coefficient (Wildman–Crippen LogP) is -0.743.